The third-order valence-electron chi connectivity index (χ3n) is 0.367. The molecule has 0 bridgehead atoms. The largest absolute Gasteiger partial charge is 0.329 e. The third-order valence-corrected chi connectivity index (χ3v) is 1.10. The molecule has 0 aromatic heterocycles. The lowest BCUT2D eigenvalue weighted by molar-refractivity contribution is 0.377. The van der Waals surface area contributed by atoms with Crippen LogP contribution in [0.4, 0.5) is 0 Å². The first-order chi connectivity index (χ1) is 3.06. The van der Waals surface area contributed by atoms with Crippen LogP contribution >= 0.6 is 7.60 Å². The zero-order valence-corrected chi connectivity index (χ0v) is 4.64. The molecule has 3 nitrogen and oxygen atoms in total. The van der Waals surface area contributed by atoms with Crippen LogP contribution in [0.3, 0.4) is 0 Å². The minimum atomic E-state index is -3.78. The van der Waals surface area contributed by atoms with Gasteiger partial charge in [0, 0.05) is 0 Å². The van der Waals surface area contributed by atoms with Crippen LogP contribution in [0.15, 0.2) is 12.7 Å². The minimum absolute atomic E-state index is 0.229. The van der Waals surface area contributed by atoms with Gasteiger partial charge in [0.05, 0.1) is 6.16 Å². The fourth-order valence-electron chi connectivity index (χ4n) is 0.168. The van der Waals surface area contributed by atoms with Crippen LogP contribution in [0.2, 0.25) is 0 Å². The molecule has 7 heavy (non-hydrogen) atoms. The summed E-state index contributed by atoms with van der Waals surface area (Å²) in [5.41, 5.74) is 0. The topological polar surface area (TPSA) is 57.5 Å². The van der Waals surface area contributed by atoms with Crippen molar-refractivity contribution in [2.75, 3.05) is 6.16 Å². The molecule has 0 radical (unpaired) electrons. The molecule has 0 amide bonds. The standard InChI is InChI=1S/C3H7O3P/c1-2-3-7(4,5)6/h2H,1,3H2,(H2,4,5,6). The summed E-state index contributed by atoms with van der Waals surface area (Å²) >= 11 is 0. The molecular formula is C3H7O3P. The molecule has 0 aromatic carbocycles. The average Bonchev–Trinajstić information content (AvgIpc) is 1.30. The van der Waals surface area contributed by atoms with Crippen molar-refractivity contribution >= 4 is 7.60 Å². The highest BCUT2D eigenvalue weighted by Crippen LogP contribution is 2.33. The van der Waals surface area contributed by atoms with Gasteiger partial charge < -0.3 is 9.79 Å². The van der Waals surface area contributed by atoms with Crippen molar-refractivity contribution in [3.8, 4) is 0 Å². The molecule has 0 saturated heterocycles. The van der Waals surface area contributed by atoms with Gasteiger partial charge in [0.2, 0.25) is 0 Å². The average molecular weight is 122 g/mol. The summed E-state index contributed by atoms with van der Waals surface area (Å²) in [4.78, 5) is 16.1. The smallest absolute Gasteiger partial charge is 0.324 e. The highest BCUT2D eigenvalue weighted by molar-refractivity contribution is 7.51. The number of allylic oxidation sites excluding steroid dienone is 1. The quantitative estimate of drug-likeness (QED) is 0.410. The van der Waals surface area contributed by atoms with Crippen LogP contribution in [0.1, 0.15) is 0 Å². The number of rotatable bonds is 2. The highest BCUT2D eigenvalue weighted by Gasteiger charge is 2.06. The van der Waals surface area contributed by atoms with E-state index in [0.717, 1.165) is 0 Å². The molecule has 0 atom stereocenters. The van der Waals surface area contributed by atoms with Crippen LogP contribution in [0.5, 0.6) is 0 Å². The molecule has 0 heterocycles. The maximum Gasteiger partial charge on any atom is 0.329 e. The van der Waals surface area contributed by atoms with E-state index in [2.05, 4.69) is 6.58 Å². The second-order valence-electron chi connectivity index (χ2n) is 1.14. The van der Waals surface area contributed by atoms with E-state index in [0.29, 0.717) is 0 Å². The van der Waals surface area contributed by atoms with Crippen LogP contribution in [0, 0.1) is 0 Å². The summed E-state index contributed by atoms with van der Waals surface area (Å²) in [5.74, 6) is 0. The second-order valence-corrected chi connectivity index (χ2v) is 2.83. The minimum Gasteiger partial charge on any atom is -0.324 e. The Hall–Kier alpha value is -0.110. The lowest BCUT2D eigenvalue weighted by atomic mass is 10.8. The summed E-state index contributed by atoms with van der Waals surface area (Å²) < 4.78 is 9.85. The SMILES string of the molecule is C=CCP(=O)(O)O. The Morgan fingerprint density at radius 3 is 2.14 bits per heavy atom. The number of hydrogen-bond donors (Lipinski definition) is 2. The van der Waals surface area contributed by atoms with E-state index in [1.54, 1.807) is 0 Å². The second kappa shape index (κ2) is 2.26. The molecule has 0 spiro atoms. The Morgan fingerprint density at radius 1 is 1.71 bits per heavy atom. The van der Waals surface area contributed by atoms with Crippen LogP contribution in [-0.2, 0) is 4.57 Å². The van der Waals surface area contributed by atoms with E-state index in [-0.39, 0.29) is 6.16 Å². The molecule has 0 aromatic rings. The summed E-state index contributed by atoms with van der Waals surface area (Å²) in [6.45, 7) is 3.15. The third kappa shape index (κ3) is 5.89. The van der Waals surface area contributed by atoms with Gasteiger partial charge in [0.25, 0.3) is 0 Å². The van der Waals surface area contributed by atoms with Gasteiger partial charge in [-0.05, 0) is 0 Å². The lowest BCUT2D eigenvalue weighted by Crippen LogP contribution is -1.78. The predicted octanol–water partition coefficient (Wildman–Crippen LogP) is 0.350. The first-order valence-electron chi connectivity index (χ1n) is 1.72. The zero-order chi connectivity index (χ0) is 5.91. The van der Waals surface area contributed by atoms with Gasteiger partial charge in [-0.2, -0.15) is 0 Å². The van der Waals surface area contributed by atoms with Gasteiger partial charge in [-0.25, -0.2) is 0 Å². The summed E-state index contributed by atoms with van der Waals surface area (Å²) in [7, 11) is -3.78. The molecule has 0 fully saturated rings. The zero-order valence-electron chi connectivity index (χ0n) is 3.74. The van der Waals surface area contributed by atoms with Crippen LogP contribution in [-0.4, -0.2) is 15.9 Å². The van der Waals surface area contributed by atoms with Gasteiger partial charge in [-0.15, -0.1) is 6.58 Å². The van der Waals surface area contributed by atoms with Crippen molar-refractivity contribution in [3.63, 3.8) is 0 Å². The molecule has 0 aliphatic rings. The first-order valence-corrected chi connectivity index (χ1v) is 3.51. The Balaban J connectivity index is 3.57. The molecule has 42 valence electrons. The predicted molar refractivity (Wildman–Crippen MR) is 27.1 cm³/mol. The van der Waals surface area contributed by atoms with Gasteiger partial charge in [0.15, 0.2) is 0 Å². The van der Waals surface area contributed by atoms with Gasteiger partial charge in [-0.3, -0.25) is 4.57 Å². The van der Waals surface area contributed by atoms with Gasteiger partial charge in [0.1, 0.15) is 0 Å². The van der Waals surface area contributed by atoms with Crippen molar-refractivity contribution in [1.82, 2.24) is 0 Å². The van der Waals surface area contributed by atoms with E-state index in [1.807, 2.05) is 0 Å². The van der Waals surface area contributed by atoms with Crippen LogP contribution in [0.25, 0.3) is 0 Å². The maximum absolute atomic E-state index is 9.85. The van der Waals surface area contributed by atoms with Gasteiger partial charge >= 0.3 is 7.60 Å². The fraction of sp³-hybridized carbons (Fsp3) is 0.333. The Labute approximate surface area is 41.8 Å². The first kappa shape index (κ1) is 6.89. The van der Waals surface area contributed by atoms with E-state index in [9.17, 15) is 4.57 Å². The molecule has 0 unspecified atom stereocenters. The van der Waals surface area contributed by atoms with Crippen molar-refractivity contribution < 1.29 is 14.4 Å². The van der Waals surface area contributed by atoms with Crippen molar-refractivity contribution in [1.29, 1.82) is 0 Å². The van der Waals surface area contributed by atoms with E-state index in [4.69, 9.17) is 9.79 Å². The van der Waals surface area contributed by atoms with E-state index < -0.39 is 7.60 Å². The van der Waals surface area contributed by atoms with E-state index >= 15 is 0 Å². The summed E-state index contributed by atoms with van der Waals surface area (Å²) in [6, 6.07) is 0. The van der Waals surface area contributed by atoms with Crippen LogP contribution < -0.4 is 0 Å². The Bertz CT molecular complexity index is 103. The van der Waals surface area contributed by atoms with Crippen molar-refractivity contribution in [3.05, 3.63) is 12.7 Å². The molecule has 4 heteroatoms. The molecule has 2 N–H and O–H groups in total. The van der Waals surface area contributed by atoms with Crippen molar-refractivity contribution in [2.24, 2.45) is 0 Å². The monoisotopic (exact) mass is 122 g/mol. The molecule has 0 saturated carbocycles. The van der Waals surface area contributed by atoms with E-state index in [1.165, 1.54) is 6.08 Å². The number of hydrogen-bond acceptors (Lipinski definition) is 1. The van der Waals surface area contributed by atoms with Crippen molar-refractivity contribution in [2.45, 2.75) is 0 Å². The lowest BCUT2D eigenvalue weighted by Gasteiger charge is -1.94. The Kier molecular flexibility index (Phi) is 2.23. The Morgan fingerprint density at radius 2 is 2.14 bits per heavy atom. The highest BCUT2D eigenvalue weighted by atomic mass is 31.2. The summed E-state index contributed by atoms with van der Waals surface area (Å²) in [6.07, 6.45) is 0.966. The fourth-order valence-corrected chi connectivity index (χ4v) is 0.505. The molecule has 0 aliphatic heterocycles. The van der Waals surface area contributed by atoms with Gasteiger partial charge in [-0.1, -0.05) is 6.08 Å². The summed E-state index contributed by atoms with van der Waals surface area (Å²) in [5, 5.41) is 0. The normalized spacial score (nSPS) is 11.1. The molecular weight excluding hydrogens is 115 g/mol. The molecule has 0 rings (SSSR count). The maximum atomic E-state index is 9.85. The molecule has 0 aliphatic carbocycles.